The van der Waals surface area contributed by atoms with Crippen LogP contribution in [-0.4, -0.2) is 36.9 Å². The van der Waals surface area contributed by atoms with Gasteiger partial charge in [0.05, 0.1) is 12.7 Å². The van der Waals surface area contributed by atoms with Crippen LogP contribution in [0.5, 0.6) is 0 Å². The van der Waals surface area contributed by atoms with Gasteiger partial charge in [-0.25, -0.2) is 0 Å². The average Bonchev–Trinajstić information content (AvgIpc) is 2.35. The first kappa shape index (κ1) is 13.9. The fourth-order valence-electron chi connectivity index (χ4n) is 2.55. The van der Waals surface area contributed by atoms with Gasteiger partial charge < -0.3 is 14.7 Å². The summed E-state index contributed by atoms with van der Waals surface area (Å²) in [7, 11) is 0. The quantitative estimate of drug-likeness (QED) is 0.906. The molecule has 104 valence electrons. The second kappa shape index (κ2) is 6.06. The van der Waals surface area contributed by atoms with Gasteiger partial charge in [0.1, 0.15) is 0 Å². The number of hydrogen-bond donors (Lipinski definition) is 1. The van der Waals surface area contributed by atoms with Crippen molar-refractivity contribution < 1.29 is 14.6 Å². The van der Waals surface area contributed by atoms with Crippen LogP contribution in [0, 0.1) is 13.8 Å². The highest BCUT2D eigenvalue weighted by Gasteiger charge is 2.21. The maximum atomic E-state index is 10.6. The molecule has 1 aliphatic heterocycles. The van der Waals surface area contributed by atoms with Gasteiger partial charge in [0.2, 0.25) is 0 Å². The van der Waals surface area contributed by atoms with Crippen molar-refractivity contribution in [2.75, 3.05) is 24.6 Å². The molecule has 0 amide bonds. The molecular weight excluding hydrogens is 242 g/mol. The van der Waals surface area contributed by atoms with E-state index in [0.29, 0.717) is 13.0 Å². The molecule has 1 unspecified atom stereocenters. The molecule has 1 aromatic rings. The van der Waals surface area contributed by atoms with Crippen LogP contribution in [0.15, 0.2) is 18.2 Å². The number of hydrogen-bond acceptors (Lipinski definition) is 3. The Morgan fingerprint density at radius 3 is 2.68 bits per heavy atom. The zero-order valence-corrected chi connectivity index (χ0v) is 11.6. The molecule has 19 heavy (non-hydrogen) atoms. The average molecular weight is 263 g/mol. The molecule has 1 N–H and O–H groups in total. The normalized spacial score (nSPS) is 19.5. The van der Waals surface area contributed by atoms with E-state index in [-0.39, 0.29) is 12.5 Å². The molecule has 2 rings (SSSR count). The molecule has 0 bridgehead atoms. The largest absolute Gasteiger partial charge is 0.481 e. The number of rotatable bonds is 4. The number of nitrogens with zero attached hydrogens (tertiary/aromatic N) is 1. The smallest absolute Gasteiger partial charge is 0.303 e. The second-order valence-corrected chi connectivity index (χ2v) is 5.22. The van der Waals surface area contributed by atoms with E-state index in [1.807, 2.05) is 0 Å². The summed E-state index contributed by atoms with van der Waals surface area (Å²) in [6, 6.07) is 6.50. The summed E-state index contributed by atoms with van der Waals surface area (Å²) in [6.45, 7) is 6.50. The zero-order valence-electron chi connectivity index (χ0n) is 11.6. The first-order valence-corrected chi connectivity index (χ1v) is 6.71. The van der Waals surface area contributed by atoms with E-state index in [0.717, 1.165) is 13.1 Å². The first-order valence-electron chi connectivity index (χ1n) is 6.71. The van der Waals surface area contributed by atoms with Crippen molar-refractivity contribution in [3.05, 3.63) is 29.3 Å². The van der Waals surface area contributed by atoms with Crippen LogP contribution in [0.1, 0.15) is 24.0 Å². The third-order valence-electron chi connectivity index (χ3n) is 3.39. The van der Waals surface area contributed by atoms with Gasteiger partial charge in [0, 0.05) is 25.2 Å². The van der Waals surface area contributed by atoms with Crippen LogP contribution in [0.3, 0.4) is 0 Å². The highest BCUT2D eigenvalue weighted by molar-refractivity contribution is 5.66. The monoisotopic (exact) mass is 263 g/mol. The van der Waals surface area contributed by atoms with Crippen LogP contribution >= 0.6 is 0 Å². The van der Waals surface area contributed by atoms with Gasteiger partial charge in [-0.2, -0.15) is 0 Å². The van der Waals surface area contributed by atoms with Crippen LogP contribution < -0.4 is 4.90 Å². The summed E-state index contributed by atoms with van der Waals surface area (Å²) in [5, 5.41) is 8.73. The van der Waals surface area contributed by atoms with E-state index >= 15 is 0 Å². The topological polar surface area (TPSA) is 49.8 Å². The minimum atomic E-state index is -0.757. The Balaban J connectivity index is 2.02. The molecule has 1 saturated heterocycles. The van der Waals surface area contributed by atoms with E-state index in [1.54, 1.807) is 0 Å². The van der Waals surface area contributed by atoms with E-state index in [1.165, 1.54) is 16.8 Å². The highest BCUT2D eigenvalue weighted by atomic mass is 16.5. The molecule has 0 saturated carbocycles. The summed E-state index contributed by atoms with van der Waals surface area (Å²) in [6.07, 6.45) is 0.771. The Morgan fingerprint density at radius 2 is 2.05 bits per heavy atom. The number of benzene rings is 1. The van der Waals surface area contributed by atoms with Gasteiger partial charge in [-0.1, -0.05) is 6.07 Å². The van der Waals surface area contributed by atoms with Gasteiger partial charge in [0.15, 0.2) is 0 Å². The summed E-state index contributed by atoms with van der Waals surface area (Å²) >= 11 is 0. The molecule has 1 aliphatic rings. The van der Waals surface area contributed by atoms with E-state index < -0.39 is 5.97 Å². The maximum Gasteiger partial charge on any atom is 0.303 e. The number of anilines is 1. The summed E-state index contributed by atoms with van der Waals surface area (Å²) in [4.78, 5) is 12.9. The van der Waals surface area contributed by atoms with Crippen molar-refractivity contribution in [3.8, 4) is 0 Å². The van der Waals surface area contributed by atoms with E-state index in [2.05, 4.69) is 36.9 Å². The molecule has 1 heterocycles. The SMILES string of the molecule is Cc1cc(C)cc(N2CCOC(CCC(=O)O)C2)c1. The number of aryl methyl sites for hydroxylation is 2. The maximum absolute atomic E-state index is 10.6. The standard InChI is InChI=1S/C15H21NO3/c1-11-7-12(2)9-13(8-11)16-5-6-19-14(10-16)3-4-15(17)18/h7-9,14H,3-6,10H2,1-2H3,(H,17,18). The van der Waals surface area contributed by atoms with Gasteiger partial charge in [0.25, 0.3) is 0 Å². The Kier molecular flexibility index (Phi) is 4.43. The predicted octanol–water partition coefficient (Wildman–Crippen LogP) is 2.37. The van der Waals surface area contributed by atoms with Crippen molar-refractivity contribution >= 4 is 11.7 Å². The third-order valence-corrected chi connectivity index (χ3v) is 3.39. The highest BCUT2D eigenvalue weighted by Crippen LogP contribution is 2.22. The van der Waals surface area contributed by atoms with Crippen LogP contribution in [0.25, 0.3) is 0 Å². The number of morpholine rings is 1. The lowest BCUT2D eigenvalue weighted by Crippen LogP contribution is -2.42. The Labute approximate surface area is 114 Å². The van der Waals surface area contributed by atoms with Crippen molar-refractivity contribution in [2.24, 2.45) is 0 Å². The van der Waals surface area contributed by atoms with Crippen LogP contribution in [-0.2, 0) is 9.53 Å². The molecule has 0 aromatic heterocycles. The number of ether oxygens (including phenoxy) is 1. The first-order chi connectivity index (χ1) is 9.04. The summed E-state index contributed by atoms with van der Waals surface area (Å²) < 4.78 is 5.64. The van der Waals surface area contributed by atoms with E-state index in [4.69, 9.17) is 9.84 Å². The van der Waals surface area contributed by atoms with Gasteiger partial charge in [-0.3, -0.25) is 4.79 Å². The van der Waals surface area contributed by atoms with Crippen molar-refractivity contribution in [3.63, 3.8) is 0 Å². The minimum absolute atomic E-state index is 0.0191. The number of aliphatic carboxylic acids is 1. The molecule has 1 aromatic carbocycles. The second-order valence-electron chi connectivity index (χ2n) is 5.22. The lowest BCUT2D eigenvalue weighted by atomic mass is 10.1. The molecular formula is C15H21NO3. The van der Waals surface area contributed by atoms with Crippen LogP contribution in [0.4, 0.5) is 5.69 Å². The van der Waals surface area contributed by atoms with Crippen molar-refractivity contribution in [1.29, 1.82) is 0 Å². The molecule has 4 nitrogen and oxygen atoms in total. The fourth-order valence-corrected chi connectivity index (χ4v) is 2.55. The Morgan fingerprint density at radius 1 is 1.37 bits per heavy atom. The van der Waals surface area contributed by atoms with Gasteiger partial charge >= 0.3 is 5.97 Å². The number of carbonyl (C=O) groups is 1. The molecule has 1 fully saturated rings. The minimum Gasteiger partial charge on any atom is -0.481 e. The summed E-state index contributed by atoms with van der Waals surface area (Å²) in [5.41, 5.74) is 3.72. The third kappa shape index (κ3) is 3.96. The van der Waals surface area contributed by atoms with E-state index in [9.17, 15) is 4.79 Å². The Hall–Kier alpha value is -1.55. The molecule has 0 aliphatic carbocycles. The molecule has 0 spiro atoms. The van der Waals surface area contributed by atoms with Gasteiger partial charge in [-0.15, -0.1) is 0 Å². The Bertz CT molecular complexity index is 438. The molecule has 0 radical (unpaired) electrons. The van der Waals surface area contributed by atoms with Crippen molar-refractivity contribution in [1.82, 2.24) is 0 Å². The number of carboxylic acids is 1. The lowest BCUT2D eigenvalue weighted by Gasteiger charge is -2.34. The van der Waals surface area contributed by atoms with Crippen LogP contribution in [0.2, 0.25) is 0 Å². The predicted molar refractivity (Wildman–Crippen MR) is 74.7 cm³/mol. The zero-order chi connectivity index (χ0) is 13.8. The summed E-state index contributed by atoms with van der Waals surface area (Å²) in [5.74, 6) is -0.757. The molecule has 4 heteroatoms. The van der Waals surface area contributed by atoms with Gasteiger partial charge in [-0.05, 0) is 43.5 Å². The molecule has 1 atom stereocenters. The number of carboxylic acid groups (broad SMARTS) is 1. The lowest BCUT2D eigenvalue weighted by molar-refractivity contribution is -0.137. The van der Waals surface area contributed by atoms with Crippen molar-refractivity contribution in [2.45, 2.75) is 32.8 Å². The fraction of sp³-hybridized carbons (Fsp3) is 0.533.